The van der Waals surface area contributed by atoms with Gasteiger partial charge in [0.15, 0.2) is 5.82 Å². The summed E-state index contributed by atoms with van der Waals surface area (Å²) in [5.41, 5.74) is -1.61. The molecule has 1 aromatic carbocycles. The molecule has 42 heavy (non-hydrogen) atoms. The largest absolute Gasteiger partial charge is 0.455 e. The summed E-state index contributed by atoms with van der Waals surface area (Å²) >= 11 is 1.93. The zero-order valence-electron chi connectivity index (χ0n) is 20.9. The molecule has 19 heteroatoms. The Balaban J connectivity index is 1.80. The van der Waals surface area contributed by atoms with Crippen LogP contribution in [0.2, 0.25) is 0 Å². The fourth-order valence-corrected chi connectivity index (χ4v) is 4.45. The molecular weight excluding hydrogens is 689 g/mol. The van der Waals surface area contributed by atoms with Crippen molar-refractivity contribution in [2.75, 3.05) is 11.9 Å². The molecule has 12 nitrogen and oxygen atoms in total. The van der Waals surface area contributed by atoms with Crippen LogP contribution in [0.5, 0.6) is 0 Å². The van der Waals surface area contributed by atoms with Crippen molar-refractivity contribution < 1.29 is 35.9 Å². The van der Waals surface area contributed by atoms with Crippen LogP contribution < -0.4 is 10.6 Å². The van der Waals surface area contributed by atoms with Crippen LogP contribution in [0.25, 0.3) is 5.82 Å². The molecule has 0 aliphatic carbocycles. The number of aromatic nitrogens is 7. The van der Waals surface area contributed by atoms with Crippen molar-refractivity contribution in [2.24, 2.45) is 0 Å². The monoisotopic (exact) mass is 704 g/mol. The molecule has 0 fully saturated rings. The number of anilines is 1. The van der Waals surface area contributed by atoms with Crippen molar-refractivity contribution in [3.05, 3.63) is 74.0 Å². The topological polar surface area (TPSA) is 156 Å². The van der Waals surface area contributed by atoms with Crippen LogP contribution in [0.15, 0.2) is 36.5 Å². The van der Waals surface area contributed by atoms with Crippen LogP contribution in [-0.2, 0) is 18.9 Å². The molecule has 0 bridgehead atoms. The van der Waals surface area contributed by atoms with E-state index in [0.717, 1.165) is 18.3 Å². The number of hydrogen-bond donors (Lipinski definition) is 2. The van der Waals surface area contributed by atoms with Gasteiger partial charge in [-0.2, -0.15) is 41.5 Å². The summed E-state index contributed by atoms with van der Waals surface area (Å²) in [5.74, 6) is -4.09. The number of aryl methyl sites for hydroxylation is 1. The van der Waals surface area contributed by atoms with E-state index in [4.69, 9.17) is 5.26 Å². The van der Waals surface area contributed by atoms with E-state index < -0.39 is 53.6 Å². The summed E-state index contributed by atoms with van der Waals surface area (Å²) < 4.78 is 81.4. The first kappa shape index (κ1) is 30.4. The van der Waals surface area contributed by atoms with Crippen LogP contribution >= 0.6 is 22.6 Å². The van der Waals surface area contributed by atoms with Crippen molar-refractivity contribution in [1.82, 2.24) is 40.3 Å². The highest BCUT2D eigenvalue weighted by molar-refractivity contribution is 14.1. The molecule has 3 heterocycles. The second-order valence-corrected chi connectivity index (χ2v) is 9.63. The van der Waals surface area contributed by atoms with Crippen molar-refractivity contribution >= 4 is 40.1 Å². The average molecular weight is 704 g/mol. The molecule has 4 rings (SSSR count). The van der Waals surface area contributed by atoms with Crippen LogP contribution in [0.1, 0.15) is 43.5 Å². The van der Waals surface area contributed by atoms with Gasteiger partial charge in [-0.3, -0.25) is 9.59 Å². The van der Waals surface area contributed by atoms with E-state index in [2.05, 4.69) is 36.1 Å². The lowest BCUT2D eigenvalue weighted by Crippen LogP contribution is -2.27. The molecule has 0 saturated carbocycles. The summed E-state index contributed by atoms with van der Waals surface area (Å²) in [7, 11) is 0. The number of pyridine rings is 1. The molecule has 2 N–H and O–H groups in total. The first-order valence-corrected chi connectivity index (χ1v) is 12.5. The number of tetrazole rings is 1. The Labute approximate surface area is 244 Å². The minimum Gasteiger partial charge on any atom is -0.339 e. The van der Waals surface area contributed by atoms with Crippen molar-refractivity contribution in [3.8, 4) is 11.9 Å². The molecule has 0 aliphatic heterocycles. The van der Waals surface area contributed by atoms with Crippen molar-refractivity contribution in [3.63, 3.8) is 0 Å². The van der Waals surface area contributed by atoms with E-state index >= 15 is 0 Å². The maximum absolute atomic E-state index is 13.8. The van der Waals surface area contributed by atoms with E-state index in [-0.39, 0.29) is 23.5 Å². The predicted molar refractivity (Wildman–Crippen MR) is 138 cm³/mol. The smallest absolute Gasteiger partial charge is 0.339 e. The number of alkyl halides is 6. The van der Waals surface area contributed by atoms with Gasteiger partial charge >= 0.3 is 12.4 Å². The molecule has 0 atom stereocenters. The number of nitrogens with zero attached hydrogens (tertiary/aromatic N) is 8. The molecule has 218 valence electrons. The lowest BCUT2D eigenvalue weighted by molar-refractivity contribution is -0.145. The number of rotatable bonds is 7. The number of hydrogen-bond acceptors (Lipinski definition) is 8. The fourth-order valence-electron chi connectivity index (χ4n) is 3.67. The predicted octanol–water partition coefficient (Wildman–Crippen LogP) is 3.76. The summed E-state index contributed by atoms with van der Waals surface area (Å²) in [5, 5.41) is 27.0. The number of halogens is 7. The standard InChI is InChI=1S/C23H15F6IN10O2/c1-11-7-12(30)8-14(19(41)33-6-4-31)17(11)34-20(42)16-9-13(10-39-37-21(35-38-39)23(27,28)29)36-40(16)18-15(22(24,25)26)3-2-5-32-18/h2-3,5,7-9H,6,10H2,1H3,(H,33,41)(H,34,42). The van der Waals surface area contributed by atoms with Gasteiger partial charge in [-0.25, -0.2) is 9.67 Å². The van der Waals surface area contributed by atoms with E-state index in [9.17, 15) is 35.9 Å². The number of amides is 2. The Bertz CT molecular complexity index is 1710. The molecule has 3 aromatic heterocycles. The fraction of sp³-hybridized carbons (Fsp3) is 0.217. The third-order valence-corrected chi connectivity index (χ3v) is 6.03. The minimum atomic E-state index is -4.92. The zero-order valence-corrected chi connectivity index (χ0v) is 23.1. The summed E-state index contributed by atoms with van der Waals surface area (Å²) in [6.45, 7) is 0.630. The molecular formula is C23H15F6IN10O2. The molecule has 0 spiro atoms. The molecule has 2 amide bonds. The number of carbonyl (C=O) groups excluding carboxylic acids is 2. The Hall–Kier alpha value is -4.61. The van der Waals surface area contributed by atoms with Gasteiger partial charge in [0.1, 0.15) is 24.3 Å². The van der Waals surface area contributed by atoms with Crippen molar-refractivity contribution in [2.45, 2.75) is 25.8 Å². The van der Waals surface area contributed by atoms with Gasteiger partial charge in [0.2, 0.25) is 0 Å². The third-order valence-electron chi connectivity index (χ3n) is 5.41. The van der Waals surface area contributed by atoms with E-state index in [1.807, 2.05) is 22.6 Å². The molecule has 4 aromatic rings. The van der Waals surface area contributed by atoms with Gasteiger partial charge in [-0.05, 0) is 70.6 Å². The highest BCUT2D eigenvalue weighted by atomic mass is 127. The molecule has 0 saturated heterocycles. The number of nitrogens with one attached hydrogen (secondary N) is 2. The molecule has 0 radical (unpaired) electrons. The normalized spacial score (nSPS) is 11.7. The number of carbonyl (C=O) groups is 2. The maximum atomic E-state index is 13.8. The number of benzene rings is 1. The lowest BCUT2D eigenvalue weighted by Gasteiger charge is -2.16. The van der Waals surface area contributed by atoms with Crippen LogP contribution in [-0.4, -0.2) is 53.3 Å². The van der Waals surface area contributed by atoms with Crippen LogP contribution in [0.4, 0.5) is 32.0 Å². The van der Waals surface area contributed by atoms with Crippen LogP contribution in [0.3, 0.4) is 0 Å². The molecule has 0 unspecified atom stereocenters. The number of nitriles is 1. The van der Waals surface area contributed by atoms with Gasteiger partial charge in [-0.15, -0.1) is 10.2 Å². The quantitative estimate of drug-likeness (QED) is 0.168. The van der Waals surface area contributed by atoms with Gasteiger partial charge in [0.05, 0.1) is 23.0 Å². The average Bonchev–Trinajstić information content (AvgIpc) is 3.56. The Morgan fingerprint density at radius 2 is 1.81 bits per heavy atom. The minimum absolute atomic E-state index is 0.00464. The summed E-state index contributed by atoms with van der Waals surface area (Å²) in [4.78, 5) is 30.5. The second-order valence-electron chi connectivity index (χ2n) is 8.39. The van der Waals surface area contributed by atoms with Gasteiger partial charge < -0.3 is 10.6 Å². The Morgan fingerprint density at radius 1 is 1.07 bits per heavy atom. The first-order chi connectivity index (χ1) is 19.7. The summed E-state index contributed by atoms with van der Waals surface area (Å²) in [6, 6.07) is 7.54. The van der Waals surface area contributed by atoms with Crippen molar-refractivity contribution in [1.29, 1.82) is 5.26 Å². The van der Waals surface area contributed by atoms with Gasteiger partial charge in [0.25, 0.3) is 17.6 Å². The van der Waals surface area contributed by atoms with E-state index in [1.165, 1.54) is 6.07 Å². The van der Waals surface area contributed by atoms with E-state index in [1.54, 1.807) is 19.1 Å². The van der Waals surface area contributed by atoms with E-state index in [0.29, 0.717) is 24.7 Å². The maximum Gasteiger partial charge on any atom is 0.455 e. The second kappa shape index (κ2) is 11.7. The highest BCUT2D eigenvalue weighted by Crippen LogP contribution is 2.33. The zero-order chi connectivity index (χ0) is 30.8. The SMILES string of the molecule is Cc1cc(I)cc(C(=O)NCC#N)c1NC(=O)c1cc(Cn2nnc(C(F)(F)F)n2)nn1-c1ncccc1C(F)(F)F. The Morgan fingerprint density at radius 3 is 2.45 bits per heavy atom. The third kappa shape index (κ3) is 6.64. The first-order valence-electron chi connectivity index (χ1n) is 11.4. The lowest BCUT2D eigenvalue weighted by atomic mass is 10.1. The summed E-state index contributed by atoms with van der Waals surface area (Å²) in [6.07, 6.45) is -8.79. The van der Waals surface area contributed by atoms with Crippen LogP contribution in [0, 0.1) is 21.8 Å². The van der Waals surface area contributed by atoms with Gasteiger partial charge in [0, 0.05) is 9.77 Å². The Kier molecular flexibility index (Phi) is 8.46. The molecule has 0 aliphatic rings. The highest BCUT2D eigenvalue weighted by Gasteiger charge is 2.38. The van der Waals surface area contributed by atoms with Gasteiger partial charge in [-0.1, -0.05) is 0 Å².